The lowest BCUT2D eigenvalue weighted by Gasteiger charge is -2.40. The minimum Gasteiger partial charge on any atom is -0.298 e. The fourth-order valence-corrected chi connectivity index (χ4v) is 3.90. The Bertz CT molecular complexity index is 344. The highest BCUT2D eigenvalue weighted by Gasteiger charge is 2.28. The molecule has 1 N–H and O–H groups in total. The maximum atomic E-state index is 11.8. The molecule has 1 aliphatic rings. The molecule has 1 heterocycles. The fraction of sp³-hybridized carbons (Fsp3) is 1.00. The van der Waals surface area contributed by atoms with E-state index < -0.39 is 10.0 Å². The SMILES string of the molecule is CC(C)(C)N1CCC(NS(=O)(=O)CCCCl)CC1. The van der Waals surface area contributed by atoms with E-state index in [0.717, 1.165) is 25.9 Å². The maximum Gasteiger partial charge on any atom is 0.211 e. The Hall–Kier alpha value is 0.160. The molecule has 1 fully saturated rings. The van der Waals surface area contributed by atoms with Crippen LogP contribution in [0.15, 0.2) is 0 Å². The Morgan fingerprint density at radius 1 is 1.28 bits per heavy atom. The zero-order valence-corrected chi connectivity index (χ0v) is 13.1. The smallest absolute Gasteiger partial charge is 0.211 e. The number of likely N-dealkylation sites (tertiary alicyclic amines) is 1. The number of alkyl halides is 1. The highest BCUT2D eigenvalue weighted by molar-refractivity contribution is 7.89. The lowest BCUT2D eigenvalue weighted by atomic mass is 9.99. The average molecular weight is 297 g/mol. The van der Waals surface area contributed by atoms with Crippen molar-refractivity contribution in [1.82, 2.24) is 9.62 Å². The Morgan fingerprint density at radius 2 is 1.83 bits per heavy atom. The first-order valence-electron chi connectivity index (χ1n) is 6.55. The van der Waals surface area contributed by atoms with Crippen molar-refractivity contribution < 1.29 is 8.42 Å². The van der Waals surface area contributed by atoms with E-state index in [0.29, 0.717) is 12.3 Å². The summed E-state index contributed by atoms with van der Waals surface area (Å²) in [5.41, 5.74) is 0.169. The Balaban J connectivity index is 2.40. The molecule has 0 aromatic carbocycles. The summed E-state index contributed by atoms with van der Waals surface area (Å²) in [6, 6.07) is 0.0870. The van der Waals surface area contributed by atoms with Crippen molar-refractivity contribution in [2.24, 2.45) is 0 Å². The van der Waals surface area contributed by atoms with Gasteiger partial charge in [0.25, 0.3) is 0 Å². The lowest BCUT2D eigenvalue weighted by molar-refractivity contribution is 0.100. The molecule has 0 aliphatic carbocycles. The number of piperidine rings is 1. The number of sulfonamides is 1. The van der Waals surface area contributed by atoms with Gasteiger partial charge in [0.1, 0.15) is 0 Å². The van der Waals surface area contributed by atoms with Gasteiger partial charge in [-0.05, 0) is 40.0 Å². The Morgan fingerprint density at radius 3 is 2.28 bits per heavy atom. The molecule has 18 heavy (non-hydrogen) atoms. The van der Waals surface area contributed by atoms with E-state index in [2.05, 4.69) is 30.4 Å². The average Bonchev–Trinajstić information content (AvgIpc) is 2.25. The number of nitrogens with zero attached hydrogens (tertiary/aromatic N) is 1. The topological polar surface area (TPSA) is 49.4 Å². The first-order chi connectivity index (χ1) is 8.24. The molecule has 4 nitrogen and oxygen atoms in total. The molecule has 1 saturated heterocycles. The van der Waals surface area contributed by atoms with Crippen LogP contribution < -0.4 is 4.72 Å². The zero-order chi connectivity index (χ0) is 13.8. The second kappa shape index (κ2) is 6.55. The molecule has 0 aromatic rings. The van der Waals surface area contributed by atoms with Crippen molar-refractivity contribution in [3.63, 3.8) is 0 Å². The molecule has 0 radical (unpaired) electrons. The van der Waals surface area contributed by atoms with Gasteiger partial charge in [-0.25, -0.2) is 13.1 Å². The largest absolute Gasteiger partial charge is 0.298 e. The number of hydrogen-bond acceptors (Lipinski definition) is 3. The van der Waals surface area contributed by atoms with Crippen molar-refractivity contribution >= 4 is 21.6 Å². The molecule has 0 aromatic heterocycles. The normalized spacial score (nSPS) is 20.2. The quantitative estimate of drug-likeness (QED) is 0.787. The summed E-state index contributed by atoms with van der Waals surface area (Å²) < 4.78 is 26.3. The highest BCUT2D eigenvalue weighted by Crippen LogP contribution is 2.20. The van der Waals surface area contributed by atoms with E-state index in [1.807, 2.05) is 0 Å². The third kappa shape index (κ3) is 5.43. The van der Waals surface area contributed by atoms with E-state index >= 15 is 0 Å². The third-order valence-corrected chi connectivity index (χ3v) is 5.12. The maximum absolute atomic E-state index is 11.8. The van der Waals surface area contributed by atoms with Crippen LogP contribution in [0.4, 0.5) is 0 Å². The summed E-state index contributed by atoms with van der Waals surface area (Å²) >= 11 is 5.52. The van der Waals surface area contributed by atoms with Crippen LogP contribution in [0, 0.1) is 0 Å². The van der Waals surface area contributed by atoms with Crippen LogP contribution in [0.5, 0.6) is 0 Å². The number of hydrogen-bond donors (Lipinski definition) is 1. The van der Waals surface area contributed by atoms with Gasteiger partial charge >= 0.3 is 0 Å². The van der Waals surface area contributed by atoms with Gasteiger partial charge in [-0.3, -0.25) is 4.90 Å². The van der Waals surface area contributed by atoms with Gasteiger partial charge in [-0.15, -0.1) is 11.6 Å². The van der Waals surface area contributed by atoms with Crippen molar-refractivity contribution in [3.05, 3.63) is 0 Å². The third-order valence-electron chi connectivity index (χ3n) is 3.34. The van der Waals surface area contributed by atoms with Crippen LogP contribution in [0.25, 0.3) is 0 Å². The first-order valence-corrected chi connectivity index (χ1v) is 8.74. The summed E-state index contributed by atoms with van der Waals surface area (Å²) in [6.07, 6.45) is 2.28. The van der Waals surface area contributed by atoms with Gasteiger partial charge in [-0.2, -0.15) is 0 Å². The minimum atomic E-state index is -3.15. The van der Waals surface area contributed by atoms with Crippen molar-refractivity contribution in [1.29, 1.82) is 0 Å². The molecule has 0 unspecified atom stereocenters. The van der Waals surface area contributed by atoms with Crippen LogP contribution in [0.2, 0.25) is 0 Å². The molecule has 0 amide bonds. The minimum absolute atomic E-state index is 0.0870. The van der Waals surface area contributed by atoms with E-state index in [9.17, 15) is 8.42 Å². The number of halogens is 1. The lowest BCUT2D eigenvalue weighted by Crippen LogP contribution is -2.51. The van der Waals surface area contributed by atoms with Crippen LogP contribution >= 0.6 is 11.6 Å². The second-order valence-corrected chi connectivity index (χ2v) is 8.16. The predicted octanol–water partition coefficient (Wildman–Crippen LogP) is 1.80. The van der Waals surface area contributed by atoms with E-state index in [4.69, 9.17) is 11.6 Å². The van der Waals surface area contributed by atoms with E-state index in [1.54, 1.807) is 0 Å². The van der Waals surface area contributed by atoms with Gasteiger partial charge in [0.2, 0.25) is 10.0 Å². The summed E-state index contributed by atoms with van der Waals surface area (Å²) in [4.78, 5) is 2.40. The van der Waals surface area contributed by atoms with Crippen molar-refractivity contribution in [2.75, 3.05) is 24.7 Å². The Labute approximate surface area is 116 Å². The van der Waals surface area contributed by atoms with Crippen LogP contribution in [0.3, 0.4) is 0 Å². The molecule has 108 valence electrons. The molecule has 0 atom stereocenters. The van der Waals surface area contributed by atoms with Crippen LogP contribution in [0.1, 0.15) is 40.0 Å². The van der Waals surface area contributed by atoms with Crippen molar-refractivity contribution in [2.45, 2.75) is 51.6 Å². The Kier molecular flexibility index (Phi) is 5.90. The molecule has 0 spiro atoms. The van der Waals surface area contributed by atoms with Crippen molar-refractivity contribution in [3.8, 4) is 0 Å². The molecule has 6 heteroatoms. The summed E-state index contributed by atoms with van der Waals surface area (Å²) in [5.74, 6) is 0.527. The van der Waals surface area contributed by atoms with Gasteiger partial charge in [0.15, 0.2) is 0 Å². The first kappa shape index (κ1) is 16.2. The number of rotatable bonds is 5. The molecule has 1 rings (SSSR count). The molecule has 0 bridgehead atoms. The zero-order valence-electron chi connectivity index (χ0n) is 11.6. The summed E-state index contributed by atoms with van der Waals surface area (Å²) in [5, 5.41) is 0. The standard InChI is InChI=1S/C12H25ClN2O2S/c1-12(2,3)15-8-5-11(6-9-15)14-18(16,17)10-4-7-13/h11,14H,4-10H2,1-3H3. The molecule has 0 saturated carbocycles. The fourth-order valence-electron chi connectivity index (χ4n) is 2.23. The van der Waals surface area contributed by atoms with Crippen LogP contribution in [-0.4, -0.2) is 49.6 Å². The second-order valence-electron chi connectivity index (χ2n) is 5.91. The summed E-state index contributed by atoms with van der Waals surface area (Å²) in [7, 11) is -3.15. The highest BCUT2D eigenvalue weighted by atomic mass is 35.5. The molecular formula is C12H25ClN2O2S. The predicted molar refractivity (Wildman–Crippen MR) is 76.6 cm³/mol. The molecule has 1 aliphatic heterocycles. The van der Waals surface area contributed by atoms with E-state index in [-0.39, 0.29) is 17.3 Å². The summed E-state index contributed by atoms with van der Waals surface area (Å²) in [6.45, 7) is 8.48. The van der Waals surface area contributed by atoms with Gasteiger partial charge < -0.3 is 0 Å². The molecular weight excluding hydrogens is 272 g/mol. The van der Waals surface area contributed by atoms with E-state index in [1.165, 1.54) is 0 Å². The van der Waals surface area contributed by atoms with Gasteiger partial charge in [-0.1, -0.05) is 0 Å². The van der Waals surface area contributed by atoms with Gasteiger partial charge in [0, 0.05) is 30.6 Å². The van der Waals surface area contributed by atoms with Crippen LogP contribution in [-0.2, 0) is 10.0 Å². The van der Waals surface area contributed by atoms with Gasteiger partial charge in [0.05, 0.1) is 5.75 Å². The number of nitrogens with one attached hydrogen (secondary N) is 1. The monoisotopic (exact) mass is 296 g/mol.